The average molecular weight is 406 g/mol. The third-order valence-corrected chi connectivity index (χ3v) is 4.81. The van der Waals surface area contributed by atoms with Crippen LogP contribution in [0.4, 0.5) is 11.4 Å². The number of ether oxygens (including phenoxy) is 1. The Bertz CT molecular complexity index is 892. The molecule has 1 aromatic carbocycles. The number of rotatable bonds is 6. The molecule has 1 aromatic heterocycles. The third kappa shape index (κ3) is 4.25. The molecule has 0 saturated heterocycles. The number of hydrogen-bond donors (Lipinski definition) is 0. The first-order chi connectivity index (χ1) is 11.7. The molecule has 0 spiro atoms. The van der Waals surface area contributed by atoms with E-state index in [1.165, 1.54) is 6.07 Å². The summed E-state index contributed by atoms with van der Waals surface area (Å²) in [6, 6.07) is 3.38. The number of halogens is 2. The van der Waals surface area contributed by atoms with E-state index in [1.54, 1.807) is 6.92 Å². The number of nitro groups is 2. The van der Waals surface area contributed by atoms with Crippen molar-refractivity contribution >= 4 is 46.7 Å². The molecular formula is C13H10Cl2N3O6P. The summed E-state index contributed by atoms with van der Waals surface area (Å²) in [4.78, 5) is 24.6. The highest BCUT2D eigenvalue weighted by atomic mass is 35.7. The Morgan fingerprint density at radius 1 is 1.20 bits per heavy atom. The minimum atomic E-state index is -2.93. The standard InChI is InChI=1S/C13H10Cl2N3O6P/c1-2-7-3-9(17(19)20)12(25(15)23)5-11(7)24-13-10(18(21)22)4-8(14)6-16-13/h3-6,25H,2H2,1H3. The minimum absolute atomic E-state index is 0.0417. The molecule has 0 aliphatic carbocycles. The van der Waals surface area contributed by atoms with E-state index in [1.807, 2.05) is 0 Å². The summed E-state index contributed by atoms with van der Waals surface area (Å²) in [7, 11) is -2.93. The summed E-state index contributed by atoms with van der Waals surface area (Å²) in [6.45, 7) is 1.71. The Labute approximate surface area is 151 Å². The Kier molecular flexibility index (Phi) is 5.94. The van der Waals surface area contributed by atoms with Crippen LogP contribution in [-0.2, 0) is 11.0 Å². The van der Waals surface area contributed by atoms with Gasteiger partial charge in [-0.15, -0.1) is 0 Å². The van der Waals surface area contributed by atoms with Gasteiger partial charge in [-0.05, 0) is 12.5 Å². The van der Waals surface area contributed by atoms with E-state index in [4.69, 9.17) is 27.6 Å². The van der Waals surface area contributed by atoms with Gasteiger partial charge in [-0.25, -0.2) is 4.98 Å². The quantitative estimate of drug-likeness (QED) is 0.399. The van der Waals surface area contributed by atoms with Crippen molar-refractivity contribution in [3.8, 4) is 11.6 Å². The summed E-state index contributed by atoms with van der Waals surface area (Å²) in [5, 5.41) is 22.1. The Morgan fingerprint density at radius 2 is 1.84 bits per heavy atom. The van der Waals surface area contributed by atoms with Crippen LogP contribution in [0.3, 0.4) is 0 Å². The number of nitrogens with zero attached hydrogens (tertiary/aromatic N) is 3. The van der Waals surface area contributed by atoms with E-state index < -0.39 is 28.4 Å². The maximum absolute atomic E-state index is 11.6. The van der Waals surface area contributed by atoms with Crippen molar-refractivity contribution in [3.05, 3.63) is 55.2 Å². The lowest BCUT2D eigenvalue weighted by Gasteiger charge is -2.11. The topological polar surface area (TPSA) is 125 Å². The van der Waals surface area contributed by atoms with Gasteiger partial charge in [-0.2, -0.15) is 0 Å². The number of hydrogen-bond acceptors (Lipinski definition) is 7. The molecule has 9 nitrogen and oxygen atoms in total. The first-order valence-electron chi connectivity index (χ1n) is 6.73. The van der Waals surface area contributed by atoms with Crippen LogP contribution in [0.2, 0.25) is 5.02 Å². The van der Waals surface area contributed by atoms with Crippen LogP contribution in [0.5, 0.6) is 11.6 Å². The summed E-state index contributed by atoms with van der Waals surface area (Å²) in [5.41, 5.74) is -0.504. The first kappa shape index (κ1) is 19.1. The van der Waals surface area contributed by atoms with Crippen molar-refractivity contribution in [2.75, 3.05) is 0 Å². The molecule has 0 aliphatic heterocycles. The molecule has 1 unspecified atom stereocenters. The molecule has 0 aliphatic rings. The van der Waals surface area contributed by atoms with E-state index in [0.717, 1.165) is 18.3 Å². The van der Waals surface area contributed by atoms with E-state index >= 15 is 0 Å². The Balaban J connectivity index is 2.60. The molecule has 132 valence electrons. The van der Waals surface area contributed by atoms with E-state index in [0.29, 0.717) is 12.0 Å². The van der Waals surface area contributed by atoms with Gasteiger partial charge in [-0.3, -0.25) is 20.2 Å². The molecule has 0 N–H and O–H groups in total. The summed E-state index contributed by atoms with van der Waals surface area (Å²) < 4.78 is 17.1. The summed E-state index contributed by atoms with van der Waals surface area (Å²) in [6.07, 6.45) is 1.48. The van der Waals surface area contributed by atoms with Crippen molar-refractivity contribution in [1.29, 1.82) is 0 Å². The van der Waals surface area contributed by atoms with Crippen LogP contribution in [-0.4, -0.2) is 14.8 Å². The van der Waals surface area contributed by atoms with E-state index in [2.05, 4.69) is 4.98 Å². The van der Waals surface area contributed by atoms with Crippen molar-refractivity contribution in [1.82, 2.24) is 4.98 Å². The highest BCUT2D eigenvalue weighted by molar-refractivity contribution is 7.80. The van der Waals surface area contributed by atoms with Gasteiger partial charge >= 0.3 is 5.69 Å². The number of benzene rings is 1. The number of pyridine rings is 1. The third-order valence-electron chi connectivity index (χ3n) is 3.17. The fraction of sp³-hybridized carbons (Fsp3) is 0.154. The van der Waals surface area contributed by atoms with Crippen molar-refractivity contribution in [2.24, 2.45) is 0 Å². The van der Waals surface area contributed by atoms with Crippen LogP contribution >= 0.6 is 30.0 Å². The fourth-order valence-corrected chi connectivity index (χ4v) is 3.24. The van der Waals surface area contributed by atoms with Crippen molar-refractivity contribution in [3.63, 3.8) is 0 Å². The number of aromatic nitrogens is 1. The second-order valence-corrected chi connectivity index (χ2v) is 7.25. The first-order valence-corrected chi connectivity index (χ1v) is 9.53. The molecule has 2 aromatic rings. The lowest BCUT2D eigenvalue weighted by molar-refractivity contribution is -0.386. The summed E-state index contributed by atoms with van der Waals surface area (Å²) >= 11 is 11.3. The Morgan fingerprint density at radius 3 is 2.36 bits per heavy atom. The molecule has 1 atom stereocenters. The van der Waals surface area contributed by atoms with Gasteiger partial charge in [0.15, 0.2) is 7.15 Å². The Hall–Kier alpha value is -2.22. The van der Waals surface area contributed by atoms with Gasteiger partial charge in [-0.1, -0.05) is 29.8 Å². The van der Waals surface area contributed by atoms with Crippen LogP contribution in [0.1, 0.15) is 12.5 Å². The second kappa shape index (κ2) is 7.77. The zero-order chi connectivity index (χ0) is 18.7. The van der Waals surface area contributed by atoms with Crippen LogP contribution in [0.25, 0.3) is 0 Å². The molecule has 12 heteroatoms. The van der Waals surface area contributed by atoms with Crippen LogP contribution in [0, 0.1) is 20.2 Å². The molecule has 0 saturated carbocycles. The van der Waals surface area contributed by atoms with Gasteiger partial charge in [0.05, 0.1) is 21.1 Å². The number of aryl methyl sites for hydroxylation is 1. The zero-order valence-corrected chi connectivity index (χ0v) is 15.1. The fourth-order valence-electron chi connectivity index (χ4n) is 2.02. The molecular weight excluding hydrogens is 396 g/mol. The molecule has 0 amide bonds. The largest absolute Gasteiger partial charge is 0.433 e. The molecule has 2 rings (SSSR count). The predicted octanol–water partition coefficient (Wildman–Crippen LogP) is 4.24. The predicted molar refractivity (Wildman–Crippen MR) is 92.9 cm³/mol. The highest BCUT2D eigenvalue weighted by Crippen LogP contribution is 2.38. The van der Waals surface area contributed by atoms with Gasteiger partial charge in [0.1, 0.15) is 11.1 Å². The van der Waals surface area contributed by atoms with Gasteiger partial charge in [0.25, 0.3) is 11.6 Å². The molecule has 25 heavy (non-hydrogen) atoms. The van der Waals surface area contributed by atoms with Gasteiger partial charge in [0.2, 0.25) is 0 Å². The molecule has 0 radical (unpaired) electrons. The number of nitro benzene ring substituents is 1. The van der Waals surface area contributed by atoms with E-state index in [9.17, 15) is 24.8 Å². The smallest absolute Gasteiger partial charge is 0.332 e. The maximum atomic E-state index is 11.6. The SMILES string of the molecule is CCc1cc([N+](=O)[O-])c([PH](=O)Cl)cc1Oc1ncc(Cl)cc1[N+](=O)[O-]. The summed E-state index contributed by atoms with van der Waals surface area (Å²) in [5.74, 6) is -0.307. The maximum Gasteiger partial charge on any atom is 0.332 e. The molecule has 0 bridgehead atoms. The van der Waals surface area contributed by atoms with Gasteiger partial charge in [0, 0.05) is 17.7 Å². The molecule has 0 fully saturated rings. The highest BCUT2D eigenvalue weighted by Gasteiger charge is 2.24. The van der Waals surface area contributed by atoms with Gasteiger partial charge < -0.3 is 9.30 Å². The van der Waals surface area contributed by atoms with Crippen LogP contribution < -0.4 is 10.0 Å². The minimum Gasteiger partial charge on any atom is -0.433 e. The molecule has 1 heterocycles. The average Bonchev–Trinajstić information content (AvgIpc) is 2.55. The lowest BCUT2D eigenvalue weighted by Crippen LogP contribution is -2.07. The second-order valence-electron chi connectivity index (χ2n) is 4.70. The van der Waals surface area contributed by atoms with Crippen molar-refractivity contribution < 1.29 is 19.1 Å². The monoisotopic (exact) mass is 405 g/mol. The van der Waals surface area contributed by atoms with Crippen LogP contribution in [0.15, 0.2) is 24.4 Å². The zero-order valence-electron chi connectivity index (χ0n) is 12.6. The van der Waals surface area contributed by atoms with E-state index in [-0.39, 0.29) is 22.0 Å². The normalized spacial score (nSPS) is 11.8. The van der Waals surface area contributed by atoms with Crippen molar-refractivity contribution in [2.45, 2.75) is 13.3 Å². The lowest BCUT2D eigenvalue weighted by atomic mass is 10.1.